The van der Waals surface area contributed by atoms with E-state index in [1.807, 2.05) is 0 Å². The summed E-state index contributed by atoms with van der Waals surface area (Å²) in [6, 6.07) is 9.84. The van der Waals surface area contributed by atoms with Crippen LogP contribution in [0.25, 0.3) is 0 Å². The average Bonchev–Trinajstić information content (AvgIpc) is 3.37. The van der Waals surface area contributed by atoms with Gasteiger partial charge < -0.3 is 24.7 Å². The Morgan fingerprint density at radius 1 is 1.14 bits per heavy atom. The number of rotatable bonds is 7. The molecule has 0 spiro atoms. The lowest BCUT2D eigenvalue weighted by atomic mass is 10.2. The van der Waals surface area contributed by atoms with Crippen LogP contribution in [0.1, 0.15) is 23.4 Å². The molecule has 28 heavy (non-hydrogen) atoms. The third-order valence-corrected chi connectivity index (χ3v) is 4.04. The normalized spacial score (nSPS) is 13.3. The fourth-order valence-corrected chi connectivity index (χ4v) is 2.69. The highest BCUT2D eigenvalue weighted by Gasteiger charge is 2.21. The summed E-state index contributed by atoms with van der Waals surface area (Å²) in [6.07, 6.45) is 2.73. The maximum atomic E-state index is 11.9. The molecule has 9 heteroatoms. The van der Waals surface area contributed by atoms with Gasteiger partial charge in [-0.3, -0.25) is 19.2 Å². The van der Waals surface area contributed by atoms with Gasteiger partial charge in [0, 0.05) is 24.3 Å². The first-order chi connectivity index (χ1) is 13.5. The van der Waals surface area contributed by atoms with Gasteiger partial charge >= 0.3 is 5.97 Å². The van der Waals surface area contributed by atoms with Crippen LogP contribution in [0, 0.1) is 0 Å². The van der Waals surface area contributed by atoms with Crippen molar-refractivity contribution in [2.75, 3.05) is 29.9 Å². The van der Waals surface area contributed by atoms with E-state index < -0.39 is 24.4 Å². The molecule has 3 amide bonds. The molecule has 0 aliphatic carbocycles. The molecule has 1 aliphatic rings. The van der Waals surface area contributed by atoms with Crippen LogP contribution in [0.4, 0.5) is 11.4 Å². The highest BCUT2D eigenvalue weighted by molar-refractivity contribution is 5.97. The van der Waals surface area contributed by atoms with Crippen LogP contribution >= 0.6 is 0 Å². The van der Waals surface area contributed by atoms with E-state index in [1.165, 1.54) is 12.3 Å². The number of nitrogens with one attached hydrogen (secondary N) is 2. The third kappa shape index (κ3) is 4.97. The Morgan fingerprint density at radius 3 is 2.57 bits per heavy atom. The van der Waals surface area contributed by atoms with Crippen molar-refractivity contribution in [1.29, 1.82) is 0 Å². The summed E-state index contributed by atoms with van der Waals surface area (Å²) in [4.78, 5) is 48.5. The first-order valence-electron chi connectivity index (χ1n) is 8.70. The molecule has 0 radical (unpaired) electrons. The summed E-state index contributed by atoms with van der Waals surface area (Å²) in [5.74, 6) is -1.66. The summed E-state index contributed by atoms with van der Waals surface area (Å²) in [5.41, 5.74) is 1.29. The van der Waals surface area contributed by atoms with Crippen LogP contribution in [-0.4, -0.2) is 43.4 Å². The van der Waals surface area contributed by atoms with E-state index in [1.54, 1.807) is 35.2 Å². The quantitative estimate of drug-likeness (QED) is 0.694. The van der Waals surface area contributed by atoms with Crippen molar-refractivity contribution in [1.82, 2.24) is 5.32 Å². The van der Waals surface area contributed by atoms with Crippen molar-refractivity contribution in [2.45, 2.75) is 12.8 Å². The standard InChI is InChI=1S/C19H19N3O6/c23-16(12-28-18(25)11-20-19(26)15-3-2-10-27-15)21-13-5-7-14(8-6-13)22-9-1-4-17(22)24/h2-3,5-8,10H,1,4,9,11-12H2,(H,20,26)(H,21,23). The molecule has 9 nitrogen and oxygen atoms in total. The van der Waals surface area contributed by atoms with Crippen LogP contribution in [0.2, 0.25) is 0 Å². The molecule has 3 rings (SSSR count). The first kappa shape index (κ1) is 19.2. The van der Waals surface area contributed by atoms with Crippen LogP contribution in [0.3, 0.4) is 0 Å². The van der Waals surface area contributed by atoms with Crippen molar-refractivity contribution in [3.05, 3.63) is 48.4 Å². The second-order valence-corrected chi connectivity index (χ2v) is 6.06. The highest BCUT2D eigenvalue weighted by Crippen LogP contribution is 2.22. The lowest BCUT2D eigenvalue weighted by Crippen LogP contribution is -2.32. The lowest BCUT2D eigenvalue weighted by Gasteiger charge is -2.16. The van der Waals surface area contributed by atoms with Crippen molar-refractivity contribution in [3.8, 4) is 0 Å². The number of carbonyl (C=O) groups is 4. The molecule has 1 aliphatic heterocycles. The molecular weight excluding hydrogens is 366 g/mol. The van der Waals surface area contributed by atoms with Gasteiger partial charge in [0.25, 0.3) is 11.8 Å². The van der Waals surface area contributed by atoms with Gasteiger partial charge in [0.2, 0.25) is 5.91 Å². The van der Waals surface area contributed by atoms with Gasteiger partial charge in [-0.15, -0.1) is 0 Å². The number of hydrogen-bond donors (Lipinski definition) is 2. The zero-order valence-electron chi connectivity index (χ0n) is 15.0. The Kier molecular flexibility index (Phi) is 6.05. The Hall–Kier alpha value is -3.62. The molecule has 0 unspecified atom stereocenters. The minimum Gasteiger partial charge on any atom is -0.459 e. The van der Waals surface area contributed by atoms with E-state index in [2.05, 4.69) is 10.6 Å². The van der Waals surface area contributed by atoms with Gasteiger partial charge in [0.15, 0.2) is 12.4 Å². The van der Waals surface area contributed by atoms with Crippen molar-refractivity contribution < 1.29 is 28.3 Å². The molecule has 1 saturated heterocycles. The second kappa shape index (κ2) is 8.85. The van der Waals surface area contributed by atoms with Crippen molar-refractivity contribution in [2.24, 2.45) is 0 Å². The van der Waals surface area contributed by atoms with Gasteiger partial charge in [-0.2, -0.15) is 0 Å². The number of hydrogen-bond acceptors (Lipinski definition) is 6. The molecule has 146 valence electrons. The Labute approximate surface area is 160 Å². The summed E-state index contributed by atoms with van der Waals surface area (Å²) < 4.78 is 9.70. The summed E-state index contributed by atoms with van der Waals surface area (Å²) >= 11 is 0. The van der Waals surface area contributed by atoms with E-state index in [0.717, 1.165) is 12.1 Å². The van der Waals surface area contributed by atoms with Crippen molar-refractivity contribution >= 4 is 35.1 Å². The third-order valence-electron chi connectivity index (χ3n) is 4.04. The maximum absolute atomic E-state index is 11.9. The van der Waals surface area contributed by atoms with Crippen LogP contribution in [-0.2, 0) is 19.1 Å². The Balaban J connectivity index is 1.39. The lowest BCUT2D eigenvalue weighted by molar-refractivity contribution is -0.146. The fraction of sp³-hybridized carbons (Fsp3) is 0.263. The minimum absolute atomic E-state index is 0.0737. The second-order valence-electron chi connectivity index (χ2n) is 6.06. The van der Waals surface area contributed by atoms with E-state index in [4.69, 9.17) is 9.15 Å². The molecule has 2 heterocycles. The molecule has 2 aromatic rings. The highest BCUT2D eigenvalue weighted by atomic mass is 16.5. The zero-order chi connectivity index (χ0) is 19.9. The topological polar surface area (TPSA) is 118 Å². The summed E-state index contributed by atoms with van der Waals surface area (Å²) in [5, 5.41) is 4.92. The number of amides is 3. The number of benzene rings is 1. The first-order valence-corrected chi connectivity index (χ1v) is 8.70. The van der Waals surface area contributed by atoms with E-state index in [0.29, 0.717) is 18.7 Å². The number of nitrogens with zero attached hydrogens (tertiary/aromatic N) is 1. The molecule has 1 aromatic carbocycles. The maximum Gasteiger partial charge on any atom is 0.325 e. The predicted octanol–water partition coefficient (Wildman–Crippen LogP) is 1.32. The SMILES string of the molecule is O=C(COC(=O)CNC(=O)c1ccco1)Nc1ccc(N2CCCC2=O)cc1. The van der Waals surface area contributed by atoms with Crippen LogP contribution in [0.5, 0.6) is 0 Å². The average molecular weight is 385 g/mol. The number of anilines is 2. The van der Waals surface area contributed by atoms with Crippen LogP contribution < -0.4 is 15.5 Å². The van der Waals surface area contributed by atoms with E-state index in [-0.39, 0.29) is 18.2 Å². The number of furan rings is 1. The van der Waals surface area contributed by atoms with Gasteiger partial charge in [0.1, 0.15) is 6.54 Å². The van der Waals surface area contributed by atoms with E-state index >= 15 is 0 Å². The predicted molar refractivity (Wildman–Crippen MR) is 98.7 cm³/mol. The molecule has 0 saturated carbocycles. The molecule has 0 atom stereocenters. The van der Waals surface area contributed by atoms with Gasteiger partial charge in [-0.25, -0.2) is 0 Å². The van der Waals surface area contributed by atoms with Crippen LogP contribution in [0.15, 0.2) is 47.1 Å². The molecule has 1 fully saturated rings. The molecule has 1 aromatic heterocycles. The minimum atomic E-state index is -0.752. The summed E-state index contributed by atoms with van der Waals surface area (Å²) in [6.45, 7) is -0.176. The van der Waals surface area contributed by atoms with Gasteiger partial charge in [-0.1, -0.05) is 0 Å². The number of ether oxygens (including phenoxy) is 1. The van der Waals surface area contributed by atoms with Gasteiger partial charge in [-0.05, 0) is 42.8 Å². The largest absolute Gasteiger partial charge is 0.459 e. The number of carbonyl (C=O) groups excluding carboxylic acids is 4. The Bertz CT molecular complexity index is 860. The monoisotopic (exact) mass is 385 g/mol. The van der Waals surface area contributed by atoms with E-state index in [9.17, 15) is 19.2 Å². The molecular formula is C19H19N3O6. The Morgan fingerprint density at radius 2 is 1.93 bits per heavy atom. The molecule has 2 N–H and O–H groups in total. The molecule has 0 bridgehead atoms. The smallest absolute Gasteiger partial charge is 0.325 e. The van der Waals surface area contributed by atoms with Gasteiger partial charge in [0.05, 0.1) is 6.26 Å². The zero-order valence-corrected chi connectivity index (χ0v) is 15.0. The number of esters is 1. The fourth-order valence-electron chi connectivity index (χ4n) is 2.69. The van der Waals surface area contributed by atoms with Crippen molar-refractivity contribution in [3.63, 3.8) is 0 Å². The summed E-state index contributed by atoms with van der Waals surface area (Å²) in [7, 11) is 0.